The van der Waals surface area contributed by atoms with Gasteiger partial charge in [0.05, 0.1) is 19.9 Å². The predicted molar refractivity (Wildman–Crippen MR) is 76.6 cm³/mol. The molecule has 0 atom stereocenters. The van der Waals surface area contributed by atoms with E-state index in [0.29, 0.717) is 17.5 Å². The number of hydrazone groups is 1. The van der Waals surface area contributed by atoms with E-state index < -0.39 is 0 Å². The van der Waals surface area contributed by atoms with Gasteiger partial charge >= 0.3 is 0 Å². The van der Waals surface area contributed by atoms with E-state index in [0.717, 1.165) is 11.3 Å². The van der Waals surface area contributed by atoms with Crippen molar-refractivity contribution in [3.05, 3.63) is 23.8 Å². The summed E-state index contributed by atoms with van der Waals surface area (Å²) in [7, 11) is 3.33. The molecule has 1 aromatic carbocycles. The lowest BCUT2D eigenvalue weighted by molar-refractivity contribution is 0.311. The first-order chi connectivity index (χ1) is 8.71. The highest BCUT2D eigenvalue weighted by Gasteiger charge is 2.03. The third kappa shape index (κ3) is 4.21. The molecule has 0 spiro atoms. The highest BCUT2D eigenvalue weighted by molar-refractivity contribution is 7.80. The van der Waals surface area contributed by atoms with Gasteiger partial charge in [-0.25, -0.2) is 0 Å². The number of hydrogen-bond donors (Lipinski definition) is 2. The van der Waals surface area contributed by atoms with E-state index in [1.807, 2.05) is 25.1 Å². The molecule has 0 saturated carbocycles. The van der Waals surface area contributed by atoms with Gasteiger partial charge in [0.1, 0.15) is 0 Å². The molecule has 0 aromatic heterocycles. The normalized spacial score (nSPS) is 10.2. The van der Waals surface area contributed by atoms with Gasteiger partial charge in [-0.05, 0) is 42.9 Å². The van der Waals surface area contributed by atoms with E-state index >= 15 is 0 Å². The van der Waals surface area contributed by atoms with Crippen molar-refractivity contribution in [2.45, 2.75) is 6.92 Å². The van der Waals surface area contributed by atoms with Crippen LogP contribution in [0.4, 0.5) is 0 Å². The summed E-state index contributed by atoms with van der Waals surface area (Å²) >= 11 is 4.89. The van der Waals surface area contributed by atoms with Gasteiger partial charge in [0, 0.05) is 7.05 Å². The van der Waals surface area contributed by atoms with Crippen molar-refractivity contribution in [2.75, 3.05) is 20.8 Å². The molecule has 0 radical (unpaired) electrons. The number of methoxy groups -OCH3 is 1. The van der Waals surface area contributed by atoms with Crippen LogP contribution in [0.5, 0.6) is 11.5 Å². The Balaban J connectivity index is 2.75. The lowest BCUT2D eigenvalue weighted by atomic mass is 10.2. The number of ether oxygens (including phenoxy) is 2. The lowest BCUT2D eigenvalue weighted by Gasteiger charge is -2.09. The summed E-state index contributed by atoms with van der Waals surface area (Å²) in [6.45, 7) is 2.53. The third-order valence-electron chi connectivity index (χ3n) is 2.09. The molecule has 0 aliphatic rings. The number of rotatable bonds is 5. The topological polar surface area (TPSA) is 54.9 Å². The molecule has 1 rings (SSSR count). The molecule has 98 valence electrons. The largest absolute Gasteiger partial charge is 0.493 e. The monoisotopic (exact) mass is 267 g/mol. The lowest BCUT2D eigenvalue weighted by Crippen LogP contribution is -2.28. The van der Waals surface area contributed by atoms with Gasteiger partial charge in [-0.15, -0.1) is 0 Å². The van der Waals surface area contributed by atoms with Crippen LogP contribution in [0.1, 0.15) is 12.5 Å². The number of thiocarbonyl (C=S) groups is 1. The Morgan fingerprint density at radius 1 is 1.44 bits per heavy atom. The summed E-state index contributed by atoms with van der Waals surface area (Å²) in [5, 5.41) is 7.21. The van der Waals surface area contributed by atoms with Crippen molar-refractivity contribution >= 4 is 23.5 Å². The van der Waals surface area contributed by atoms with Crippen LogP contribution in [0.2, 0.25) is 0 Å². The maximum Gasteiger partial charge on any atom is 0.186 e. The molecule has 0 heterocycles. The fourth-order valence-corrected chi connectivity index (χ4v) is 1.31. The van der Waals surface area contributed by atoms with Gasteiger partial charge in [-0.2, -0.15) is 5.10 Å². The summed E-state index contributed by atoms with van der Waals surface area (Å²) < 4.78 is 10.7. The molecule has 0 fully saturated rings. The molecule has 0 aliphatic heterocycles. The second-order valence-corrected chi connectivity index (χ2v) is 3.70. The zero-order valence-electron chi connectivity index (χ0n) is 10.7. The minimum absolute atomic E-state index is 0.462. The summed E-state index contributed by atoms with van der Waals surface area (Å²) in [5.74, 6) is 1.40. The van der Waals surface area contributed by atoms with E-state index in [9.17, 15) is 0 Å². The summed E-state index contributed by atoms with van der Waals surface area (Å²) in [4.78, 5) is 0. The van der Waals surface area contributed by atoms with Gasteiger partial charge in [0.15, 0.2) is 16.6 Å². The van der Waals surface area contributed by atoms with Gasteiger partial charge in [0.25, 0.3) is 0 Å². The first-order valence-corrected chi connectivity index (χ1v) is 5.93. The van der Waals surface area contributed by atoms with E-state index in [1.54, 1.807) is 20.4 Å². The Labute approximate surface area is 112 Å². The predicted octanol–water partition coefficient (Wildman–Crippen LogP) is 1.52. The quantitative estimate of drug-likeness (QED) is 0.481. The molecule has 0 amide bonds. The second kappa shape index (κ2) is 7.50. The van der Waals surface area contributed by atoms with Crippen LogP contribution >= 0.6 is 12.2 Å². The zero-order valence-corrected chi connectivity index (χ0v) is 11.5. The van der Waals surface area contributed by atoms with Crippen LogP contribution in [0.25, 0.3) is 0 Å². The molecule has 0 saturated heterocycles. The Hall–Kier alpha value is -1.82. The molecule has 6 heteroatoms. The number of benzene rings is 1. The number of nitrogens with one attached hydrogen (secondary N) is 2. The first kappa shape index (κ1) is 14.2. The van der Waals surface area contributed by atoms with Crippen molar-refractivity contribution in [1.29, 1.82) is 0 Å². The number of hydrogen-bond acceptors (Lipinski definition) is 4. The average molecular weight is 267 g/mol. The SMILES string of the molecule is CCOc1ccc(C=NNC(=S)NC)cc1OC. The summed E-state index contributed by atoms with van der Waals surface area (Å²) in [5.41, 5.74) is 3.57. The minimum Gasteiger partial charge on any atom is -0.493 e. The summed E-state index contributed by atoms with van der Waals surface area (Å²) in [6, 6.07) is 5.58. The molecule has 0 aliphatic carbocycles. The Morgan fingerprint density at radius 2 is 2.22 bits per heavy atom. The van der Waals surface area contributed by atoms with Crippen LogP contribution in [0, 0.1) is 0 Å². The van der Waals surface area contributed by atoms with Crippen molar-refractivity contribution in [2.24, 2.45) is 5.10 Å². The van der Waals surface area contributed by atoms with E-state index in [2.05, 4.69) is 15.8 Å². The molecular formula is C12H17N3O2S. The smallest absolute Gasteiger partial charge is 0.186 e. The van der Waals surface area contributed by atoms with Crippen LogP contribution in [0.15, 0.2) is 23.3 Å². The zero-order chi connectivity index (χ0) is 13.4. The van der Waals surface area contributed by atoms with E-state index in [1.165, 1.54) is 0 Å². The minimum atomic E-state index is 0.462. The number of nitrogens with zero attached hydrogens (tertiary/aromatic N) is 1. The van der Waals surface area contributed by atoms with E-state index in [-0.39, 0.29) is 0 Å². The first-order valence-electron chi connectivity index (χ1n) is 5.52. The Morgan fingerprint density at radius 3 is 2.83 bits per heavy atom. The van der Waals surface area contributed by atoms with Crippen LogP contribution in [0.3, 0.4) is 0 Å². The standard InChI is InChI=1S/C12H17N3O2S/c1-4-17-10-6-5-9(7-11(10)16-3)8-14-15-12(18)13-2/h5-8H,4H2,1-3H3,(H2,13,15,18). The fourth-order valence-electron chi connectivity index (χ4n) is 1.26. The molecule has 5 nitrogen and oxygen atoms in total. The third-order valence-corrected chi connectivity index (χ3v) is 2.39. The van der Waals surface area contributed by atoms with E-state index in [4.69, 9.17) is 21.7 Å². The maximum absolute atomic E-state index is 5.43. The van der Waals surface area contributed by atoms with Crippen LogP contribution in [-0.2, 0) is 0 Å². The Bertz CT molecular complexity index is 435. The summed E-state index contributed by atoms with van der Waals surface area (Å²) in [6.07, 6.45) is 1.65. The average Bonchev–Trinajstić information content (AvgIpc) is 2.40. The van der Waals surface area contributed by atoms with Gasteiger partial charge in [0.2, 0.25) is 0 Å². The molecule has 0 unspecified atom stereocenters. The van der Waals surface area contributed by atoms with Crippen molar-refractivity contribution in [3.8, 4) is 11.5 Å². The Kier molecular flexibility index (Phi) is 5.93. The molecule has 1 aromatic rings. The second-order valence-electron chi connectivity index (χ2n) is 3.29. The van der Waals surface area contributed by atoms with Gasteiger partial charge in [-0.1, -0.05) is 0 Å². The van der Waals surface area contributed by atoms with Crippen molar-refractivity contribution in [3.63, 3.8) is 0 Å². The fraction of sp³-hybridized carbons (Fsp3) is 0.333. The highest BCUT2D eigenvalue weighted by atomic mass is 32.1. The van der Waals surface area contributed by atoms with Crippen LogP contribution in [-0.4, -0.2) is 32.1 Å². The van der Waals surface area contributed by atoms with Crippen molar-refractivity contribution in [1.82, 2.24) is 10.7 Å². The van der Waals surface area contributed by atoms with Crippen molar-refractivity contribution < 1.29 is 9.47 Å². The molecule has 0 bridgehead atoms. The molecule has 2 N–H and O–H groups in total. The van der Waals surface area contributed by atoms with Crippen LogP contribution < -0.4 is 20.2 Å². The molecule has 18 heavy (non-hydrogen) atoms. The highest BCUT2D eigenvalue weighted by Crippen LogP contribution is 2.27. The van der Waals surface area contributed by atoms with Gasteiger partial charge < -0.3 is 14.8 Å². The van der Waals surface area contributed by atoms with Gasteiger partial charge in [-0.3, -0.25) is 5.43 Å². The maximum atomic E-state index is 5.43. The molecular weight excluding hydrogens is 250 g/mol.